The number of esters is 2. The van der Waals surface area contributed by atoms with Crippen LogP contribution in [0.5, 0.6) is 0 Å². The quantitative estimate of drug-likeness (QED) is 0.164. The number of aliphatic hydroxyl groups is 2. The van der Waals surface area contributed by atoms with Crippen molar-refractivity contribution in [2.75, 3.05) is 20.3 Å². The first kappa shape index (κ1) is 34.3. The molecule has 8 bridgehead atoms. The number of hydrogen-bond donors (Lipinski definition) is 3. The summed E-state index contributed by atoms with van der Waals surface area (Å²) in [6, 6.07) is 0. The fourth-order valence-corrected chi connectivity index (χ4v) is 7.51. The lowest BCUT2D eigenvalue weighted by molar-refractivity contribution is -0.141. The van der Waals surface area contributed by atoms with Crippen molar-refractivity contribution in [1.82, 2.24) is 5.32 Å². The fraction of sp³-hybridized carbons (Fsp3) is 0.462. The average Bonchev–Trinajstić information content (AvgIpc) is 3.85. The van der Waals surface area contributed by atoms with Crippen molar-refractivity contribution in [2.45, 2.75) is 86.0 Å². The Bertz CT molecular complexity index is 1860. The van der Waals surface area contributed by atoms with Gasteiger partial charge >= 0.3 is 11.9 Å². The highest BCUT2D eigenvalue weighted by molar-refractivity contribution is 6.28. The van der Waals surface area contributed by atoms with Crippen molar-refractivity contribution >= 4 is 29.1 Å². The lowest BCUT2D eigenvalue weighted by Crippen LogP contribution is -2.16. The molecular weight excluding hydrogens is 620 g/mol. The predicted molar refractivity (Wildman–Crippen MR) is 190 cm³/mol. The number of carbonyl (C=O) groups is 2. The lowest BCUT2D eigenvalue weighted by Gasteiger charge is -2.17. The van der Waals surface area contributed by atoms with Crippen molar-refractivity contribution in [3.05, 3.63) is 91.5 Å². The molecule has 0 aromatic heterocycles. The molecule has 0 amide bonds. The largest absolute Gasteiger partial charge is 0.511 e. The molecule has 0 saturated carbocycles. The van der Waals surface area contributed by atoms with E-state index < -0.39 is 5.97 Å². The molecular formula is C39H46N4O6. The molecule has 6 aliphatic rings. The first-order chi connectivity index (χ1) is 23.6. The summed E-state index contributed by atoms with van der Waals surface area (Å²) in [6.45, 7) is 10.2. The topological polar surface area (TPSA) is 142 Å². The number of carbonyl (C=O) groups excluding carboxylic acids is 2. The zero-order valence-corrected chi connectivity index (χ0v) is 29.3. The number of aliphatic hydroxyl groups excluding tert-OH is 2. The Kier molecular flexibility index (Phi) is 9.88. The van der Waals surface area contributed by atoms with E-state index in [4.69, 9.17) is 24.5 Å². The smallest absolute Gasteiger partial charge is 0.340 e. The van der Waals surface area contributed by atoms with Gasteiger partial charge in [-0.15, -0.1) is 0 Å². The zero-order valence-electron chi connectivity index (χ0n) is 29.3. The Morgan fingerprint density at radius 1 is 0.980 bits per heavy atom. The van der Waals surface area contributed by atoms with E-state index in [1.54, 1.807) is 6.08 Å². The van der Waals surface area contributed by atoms with Crippen molar-refractivity contribution in [3.63, 3.8) is 0 Å². The molecule has 5 heterocycles. The van der Waals surface area contributed by atoms with E-state index in [1.807, 2.05) is 32.9 Å². The summed E-state index contributed by atoms with van der Waals surface area (Å²) in [5, 5.41) is 25.5. The van der Waals surface area contributed by atoms with Gasteiger partial charge in [-0.3, -0.25) is 4.79 Å². The highest BCUT2D eigenvalue weighted by Crippen LogP contribution is 2.46. The minimum absolute atomic E-state index is 0.0121. The standard InChI is InChI=1S/C39H46N4O6/c1-7-9-10-11-14-49-39(47)36-23(8-2)30-17-29-22(5)35-33(45)15-25(38(35)43-29)37-24(12-13-34(46)48-6)20(3)28(42-37)16-27-21(4)26(19-44)31(40-27)18-32(36)41-30/h16-18,20,24,42,44-45H,7-15,19H2,1-6H3/t20-,24-/m0/s1. The van der Waals surface area contributed by atoms with Gasteiger partial charge in [0.2, 0.25) is 0 Å². The minimum Gasteiger partial charge on any atom is -0.511 e. The molecule has 1 fully saturated rings. The van der Waals surface area contributed by atoms with E-state index in [0.29, 0.717) is 76.8 Å². The molecule has 1 saturated heterocycles. The number of aliphatic imine (C=N–C) groups is 3. The van der Waals surface area contributed by atoms with E-state index in [2.05, 4.69) is 19.2 Å². The molecule has 0 aromatic rings. The second-order valence-corrected chi connectivity index (χ2v) is 13.3. The summed E-state index contributed by atoms with van der Waals surface area (Å²) in [4.78, 5) is 41.0. The Morgan fingerprint density at radius 3 is 2.45 bits per heavy atom. The summed E-state index contributed by atoms with van der Waals surface area (Å²) in [6.07, 6.45) is 11.3. The van der Waals surface area contributed by atoms with Crippen molar-refractivity contribution in [3.8, 4) is 0 Å². The number of nitrogens with one attached hydrogen (secondary N) is 1. The van der Waals surface area contributed by atoms with Crippen molar-refractivity contribution in [2.24, 2.45) is 26.8 Å². The molecule has 2 atom stereocenters. The average molecular weight is 667 g/mol. The third-order valence-electron chi connectivity index (χ3n) is 10.4. The molecule has 10 heteroatoms. The maximum absolute atomic E-state index is 13.7. The van der Waals surface area contributed by atoms with Gasteiger partial charge in [0, 0.05) is 52.8 Å². The molecule has 10 nitrogen and oxygen atoms in total. The molecule has 0 spiro atoms. The molecule has 3 N–H and O–H groups in total. The van der Waals surface area contributed by atoms with Gasteiger partial charge in [-0.05, 0) is 68.1 Å². The summed E-state index contributed by atoms with van der Waals surface area (Å²) >= 11 is 0. The second kappa shape index (κ2) is 14.1. The number of hydrogen-bond acceptors (Lipinski definition) is 10. The van der Waals surface area contributed by atoms with Crippen LogP contribution in [0.25, 0.3) is 0 Å². The van der Waals surface area contributed by atoms with Crippen LogP contribution in [0.1, 0.15) is 86.0 Å². The zero-order chi connectivity index (χ0) is 35.0. The SMILES string of the molecule is CCCCCCOC(=O)C1=C(CC)C2=CC3=C(C)C4=C(O)CC(=C5NC(=CC6=NC(=CC1=N2)C(CO)=C6C)[C@@H](C)[C@@H]5CCC(=O)OC)C4=N3. The molecule has 5 aliphatic heterocycles. The van der Waals surface area contributed by atoms with Gasteiger partial charge in [-0.2, -0.15) is 0 Å². The first-order valence-electron chi connectivity index (χ1n) is 17.5. The van der Waals surface area contributed by atoms with Gasteiger partial charge in [0.05, 0.1) is 60.1 Å². The Hall–Kier alpha value is -4.57. The molecule has 1 aliphatic carbocycles. The summed E-state index contributed by atoms with van der Waals surface area (Å²) < 4.78 is 10.8. The highest BCUT2D eigenvalue weighted by atomic mass is 16.5. The Balaban J connectivity index is 1.53. The molecule has 0 unspecified atom stereocenters. The van der Waals surface area contributed by atoms with Crippen LogP contribution in [0.4, 0.5) is 0 Å². The molecule has 258 valence electrons. The van der Waals surface area contributed by atoms with Crippen LogP contribution in [0.15, 0.2) is 106 Å². The Labute approximate surface area is 287 Å². The number of fused-ring (bicyclic) bond motifs is 5. The maximum atomic E-state index is 13.7. The first-order valence-corrected chi connectivity index (χ1v) is 17.5. The van der Waals surface area contributed by atoms with Gasteiger partial charge in [0.15, 0.2) is 0 Å². The van der Waals surface area contributed by atoms with Gasteiger partial charge in [0.25, 0.3) is 0 Å². The third-order valence-corrected chi connectivity index (χ3v) is 10.4. The van der Waals surface area contributed by atoms with Crippen LogP contribution >= 0.6 is 0 Å². The van der Waals surface area contributed by atoms with Gasteiger partial charge in [-0.25, -0.2) is 19.8 Å². The number of nitrogens with zero attached hydrogens (tertiary/aromatic N) is 3. The second-order valence-electron chi connectivity index (χ2n) is 13.3. The van der Waals surface area contributed by atoms with Crippen LogP contribution in [0.3, 0.4) is 0 Å². The van der Waals surface area contributed by atoms with E-state index in [1.165, 1.54) is 7.11 Å². The van der Waals surface area contributed by atoms with Crippen molar-refractivity contribution in [1.29, 1.82) is 0 Å². The van der Waals surface area contributed by atoms with Crippen LogP contribution in [0, 0.1) is 11.8 Å². The van der Waals surface area contributed by atoms with E-state index >= 15 is 0 Å². The van der Waals surface area contributed by atoms with E-state index in [0.717, 1.165) is 59.4 Å². The van der Waals surface area contributed by atoms with E-state index in [9.17, 15) is 19.8 Å². The van der Waals surface area contributed by atoms with Crippen molar-refractivity contribution < 1.29 is 29.3 Å². The minimum atomic E-state index is -0.429. The molecule has 0 aromatic carbocycles. The number of unbranched alkanes of at least 4 members (excludes halogenated alkanes) is 3. The number of methoxy groups -OCH3 is 1. The Morgan fingerprint density at radius 2 is 1.73 bits per heavy atom. The maximum Gasteiger partial charge on any atom is 0.340 e. The summed E-state index contributed by atoms with van der Waals surface area (Å²) in [7, 11) is 1.40. The molecule has 6 rings (SSSR count). The van der Waals surface area contributed by atoms with Crippen LogP contribution in [-0.2, 0) is 19.1 Å². The number of allylic oxidation sites excluding steroid dienone is 10. The van der Waals surface area contributed by atoms with Gasteiger partial charge in [-0.1, -0.05) is 40.0 Å². The van der Waals surface area contributed by atoms with Gasteiger partial charge in [0.1, 0.15) is 5.76 Å². The monoisotopic (exact) mass is 666 g/mol. The highest BCUT2D eigenvalue weighted by Gasteiger charge is 2.41. The van der Waals surface area contributed by atoms with E-state index in [-0.39, 0.29) is 36.6 Å². The fourth-order valence-electron chi connectivity index (χ4n) is 7.51. The van der Waals surface area contributed by atoms with Crippen LogP contribution < -0.4 is 5.32 Å². The normalized spacial score (nSPS) is 22.8. The number of ether oxygens (including phenoxy) is 2. The molecule has 0 radical (unpaired) electrons. The van der Waals surface area contributed by atoms with Gasteiger partial charge < -0.3 is 25.0 Å². The number of rotatable bonds is 11. The molecule has 49 heavy (non-hydrogen) atoms. The summed E-state index contributed by atoms with van der Waals surface area (Å²) in [5.74, 6) is -0.523. The van der Waals surface area contributed by atoms with Crippen LogP contribution in [0.2, 0.25) is 0 Å². The predicted octanol–water partition coefficient (Wildman–Crippen LogP) is 6.71. The third kappa shape index (κ3) is 6.23. The lowest BCUT2D eigenvalue weighted by atomic mass is 9.86. The summed E-state index contributed by atoms with van der Waals surface area (Å²) in [5.41, 5.74) is 10.5. The van der Waals surface area contributed by atoms with Crippen LogP contribution in [-0.4, -0.2) is 59.6 Å².